The summed E-state index contributed by atoms with van der Waals surface area (Å²) in [5.74, 6) is -0.401. The predicted octanol–water partition coefficient (Wildman–Crippen LogP) is 3.26. The van der Waals surface area contributed by atoms with Crippen LogP contribution in [0.15, 0.2) is 48.5 Å². The fourth-order valence-corrected chi connectivity index (χ4v) is 4.06. The van der Waals surface area contributed by atoms with E-state index in [4.69, 9.17) is 0 Å². The largest absolute Gasteiger partial charge is 0.326 e. The number of carbonyl (C=O) groups is 2. The van der Waals surface area contributed by atoms with Gasteiger partial charge in [0.1, 0.15) is 11.9 Å². The lowest BCUT2D eigenvalue weighted by atomic mass is 9.97. The normalized spacial score (nSPS) is 21.9. The Balaban J connectivity index is 1.50. The van der Waals surface area contributed by atoms with E-state index in [9.17, 15) is 14.0 Å². The summed E-state index contributed by atoms with van der Waals surface area (Å²) < 4.78 is 13.2. The molecule has 1 N–H and O–H groups in total. The first-order valence-corrected chi connectivity index (χ1v) is 9.22. The van der Waals surface area contributed by atoms with E-state index in [0.717, 1.165) is 29.7 Å². The molecule has 1 saturated heterocycles. The third-order valence-electron chi connectivity index (χ3n) is 5.47. The summed E-state index contributed by atoms with van der Waals surface area (Å²) >= 11 is 0. The van der Waals surface area contributed by atoms with Crippen LogP contribution in [-0.2, 0) is 11.2 Å². The van der Waals surface area contributed by atoms with Gasteiger partial charge in [0.05, 0.1) is 6.04 Å². The van der Waals surface area contributed by atoms with E-state index in [0.29, 0.717) is 13.0 Å². The van der Waals surface area contributed by atoms with E-state index in [-0.39, 0.29) is 23.8 Å². The fourth-order valence-electron chi connectivity index (χ4n) is 4.06. The number of halogens is 1. The molecule has 1 fully saturated rings. The molecule has 6 heteroatoms. The van der Waals surface area contributed by atoms with Crippen molar-refractivity contribution in [1.29, 1.82) is 0 Å². The first-order chi connectivity index (χ1) is 13.0. The molecular weight excluding hydrogens is 345 g/mol. The second kappa shape index (κ2) is 7.02. The van der Waals surface area contributed by atoms with Gasteiger partial charge >= 0.3 is 6.03 Å². The van der Waals surface area contributed by atoms with E-state index in [1.54, 1.807) is 29.0 Å². The highest BCUT2D eigenvalue weighted by Gasteiger charge is 2.35. The number of carbonyl (C=O) groups excluding carboxylic acids is 2. The smallest absolute Gasteiger partial charge is 0.318 e. The highest BCUT2D eigenvalue weighted by Crippen LogP contribution is 2.32. The molecule has 2 aliphatic rings. The van der Waals surface area contributed by atoms with Crippen LogP contribution in [0.3, 0.4) is 0 Å². The second-order valence-corrected chi connectivity index (χ2v) is 7.14. The van der Waals surface area contributed by atoms with Crippen LogP contribution >= 0.6 is 0 Å². The van der Waals surface area contributed by atoms with Gasteiger partial charge in [-0.2, -0.15) is 0 Å². The van der Waals surface area contributed by atoms with Gasteiger partial charge in [-0.3, -0.25) is 4.79 Å². The molecule has 0 aromatic heterocycles. The molecule has 27 heavy (non-hydrogen) atoms. The molecule has 0 bridgehead atoms. The minimum absolute atomic E-state index is 0.0886. The first-order valence-electron chi connectivity index (χ1n) is 9.22. The van der Waals surface area contributed by atoms with Crippen LogP contribution in [0.25, 0.3) is 0 Å². The van der Waals surface area contributed by atoms with Gasteiger partial charge in [-0.1, -0.05) is 30.3 Å². The Morgan fingerprint density at radius 2 is 1.89 bits per heavy atom. The number of likely N-dealkylation sites (N-methyl/N-ethyl adjacent to an activating group) is 1. The van der Waals surface area contributed by atoms with Crippen molar-refractivity contribution in [3.63, 3.8) is 0 Å². The number of hydrogen-bond acceptors (Lipinski definition) is 2. The van der Waals surface area contributed by atoms with Crippen LogP contribution in [0.5, 0.6) is 0 Å². The molecule has 0 aliphatic carbocycles. The number of nitrogens with zero attached hydrogens (tertiary/aromatic N) is 2. The average molecular weight is 367 g/mol. The third-order valence-corrected chi connectivity index (χ3v) is 5.47. The maximum Gasteiger partial charge on any atom is 0.318 e. The number of anilines is 1. The van der Waals surface area contributed by atoms with Crippen molar-refractivity contribution in [2.24, 2.45) is 0 Å². The van der Waals surface area contributed by atoms with Crippen molar-refractivity contribution in [2.75, 3.05) is 18.5 Å². The molecule has 2 aliphatic heterocycles. The van der Waals surface area contributed by atoms with Crippen molar-refractivity contribution in [3.05, 3.63) is 65.5 Å². The van der Waals surface area contributed by atoms with Crippen LogP contribution in [0.2, 0.25) is 0 Å². The Bertz CT molecular complexity index is 868. The minimum Gasteiger partial charge on any atom is -0.326 e. The molecule has 2 heterocycles. The van der Waals surface area contributed by atoms with Gasteiger partial charge in [-0.25, -0.2) is 9.18 Å². The highest BCUT2D eigenvalue weighted by atomic mass is 19.1. The maximum atomic E-state index is 13.2. The van der Waals surface area contributed by atoms with Gasteiger partial charge in [-0.05, 0) is 42.2 Å². The number of para-hydroxylation sites is 1. The lowest BCUT2D eigenvalue weighted by Crippen LogP contribution is -2.54. The molecule has 2 atom stereocenters. The number of amides is 3. The quantitative estimate of drug-likeness (QED) is 0.886. The lowest BCUT2D eigenvalue weighted by Gasteiger charge is -2.34. The maximum absolute atomic E-state index is 13.2. The number of fused-ring (bicyclic) bond motifs is 1. The van der Waals surface area contributed by atoms with E-state index >= 15 is 0 Å². The average Bonchev–Trinajstić information content (AvgIpc) is 3.16. The molecule has 0 radical (unpaired) electrons. The molecule has 3 amide bonds. The van der Waals surface area contributed by atoms with Gasteiger partial charge in [-0.15, -0.1) is 0 Å². The second-order valence-electron chi connectivity index (χ2n) is 7.14. The summed E-state index contributed by atoms with van der Waals surface area (Å²) in [5.41, 5.74) is 2.85. The molecule has 2 aromatic rings. The molecule has 0 saturated carbocycles. The van der Waals surface area contributed by atoms with Crippen molar-refractivity contribution in [1.82, 2.24) is 10.2 Å². The van der Waals surface area contributed by atoms with Crippen LogP contribution in [0.4, 0.5) is 14.9 Å². The van der Waals surface area contributed by atoms with Gasteiger partial charge in [0.2, 0.25) is 5.91 Å². The fraction of sp³-hybridized carbons (Fsp3) is 0.333. The first kappa shape index (κ1) is 17.5. The minimum atomic E-state index is -0.577. The Morgan fingerprint density at radius 3 is 2.67 bits per heavy atom. The molecule has 5 nitrogen and oxygen atoms in total. The Labute approximate surface area is 157 Å². The van der Waals surface area contributed by atoms with Gasteiger partial charge < -0.3 is 15.1 Å². The molecule has 2 aromatic carbocycles. The van der Waals surface area contributed by atoms with E-state index in [1.807, 2.05) is 24.3 Å². The molecule has 140 valence electrons. The third kappa shape index (κ3) is 3.27. The van der Waals surface area contributed by atoms with Crippen LogP contribution in [-0.4, -0.2) is 36.5 Å². The van der Waals surface area contributed by atoms with Gasteiger partial charge in [0.15, 0.2) is 0 Å². The Kier molecular flexibility index (Phi) is 4.56. The molecule has 4 rings (SSSR count). The zero-order valence-corrected chi connectivity index (χ0v) is 15.2. The predicted molar refractivity (Wildman–Crippen MR) is 101 cm³/mol. The summed E-state index contributed by atoms with van der Waals surface area (Å²) in [6, 6.07) is 13.1. The monoisotopic (exact) mass is 367 g/mol. The number of rotatable bonds is 2. The van der Waals surface area contributed by atoms with E-state index in [2.05, 4.69) is 5.32 Å². The van der Waals surface area contributed by atoms with Crippen molar-refractivity contribution >= 4 is 17.6 Å². The van der Waals surface area contributed by atoms with Crippen molar-refractivity contribution < 1.29 is 14.0 Å². The standard InChI is InChI=1S/C21H22FN3O2/c1-24-18-6-3-2-5-15(18)13-17(20(24)26)23-21(27)25-12-4-7-19(25)14-8-10-16(22)11-9-14/h2-3,5-6,8-11,17,19H,4,7,12-13H2,1H3,(H,23,27). The molecule has 0 spiro atoms. The zero-order chi connectivity index (χ0) is 19.0. The van der Waals surface area contributed by atoms with Crippen molar-refractivity contribution in [2.45, 2.75) is 31.3 Å². The van der Waals surface area contributed by atoms with E-state index in [1.165, 1.54) is 12.1 Å². The number of urea groups is 1. The van der Waals surface area contributed by atoms with Gasteiger partial charge in [0, 0.05) is 25.7 Å². The Hall–Kier alpha value is -2.89. The number of benzene rings is 2. The zero-order valence-electron chi connectivity index (χ0n) is 15.2. The molecule has 2 unspecified atom stereocenters. The van der Waals surface area contributed by atoms with Crippen LogP contribution in [0, 0.1) is 5.82 Å². The SMILES string of the molecule is CN1C(=O)C(NC(=O)N2CCCC2c2ccc(F)cc2)Cc2ccccc21. The number of hydrogen-bond donors (Lipinski definition) is 1. The summed E-state index contributed by atoms with van der Waals surface area (Å²) in [6.07, 6.45) is 2.21. The van der Waals surface area contributed by atoms with Crippen molar-refractivity contribution in [3.8, 4) is 0 Å². The van der Waals surface area contributed by atoms with E-state index < -0.39 is 6.04 Å². The van der Waals surface area contributed by atoms with Crippen LogP contribution in [0.1, 0.15) is 30.0 Å². The summed E-state index contributed by atoms with van der Waals surface area (Å²) in [5, 5.41) is 2.91. The summed E-state index contributed by atoms with van der Waals surface area (Å²) in [4.78, 5) is 28.9. The van der Waals surface area contributed by atoms with Crippen LogP contribution < -0.4 is 10.2 Å². The van der Waals surface area contributed by atoms with Gasteiger partial charge in [0.25, 0.3) is 0 Å². The topological polar surface area (TPSA) is 52.7 Å². The summed E-state index contributed by atoms with van der Waals surface area (Å²) in [6.45, 7) is 0.626. The lowest BCUT2D eigenvalue weighted by molar-refractivity contribution is -0.120. The number of nitrogens with one attached hydrogen (secondary N) is 1. The highest BCUT2D eigenvalue weighted by molar-refractivity contribution is 6.01. The molecular formula is C21H22FN3O2. The number of likely N-dealkylation sites (tertiary alicyclic amines) is 1. The summed E-state index contributed by atoms with van der Waals surface area (Å²) in [7, 11) is 1.73. The Morgan fingerprint density at radius 1 is 1.15 bits per heavy atom.